The van der Waals surface area contributed by atoms with Gasteiger partial charge < -0.3 is 30.0 Å². The molecule has 4 unspecified atom stereocenters. The number of ether oxygens (including phenoxy) is 3. The Hall–Kier alpha value is -4.32. The number of Topliss-reactive ketones (excluding diaryl/α,β-unsaturated/α-hetero) is 2. The first-order chi connectivity index (χ1) is 50.4. The van der Waals surface area contributed by atoms with Gasteiger partial charge in [0.2, 0.25) is 11.8 Å². The minimum atomic E-state index is -1.43. The average molecular weight is 1460 g/mol. The van der Waals surface area contributed by atoms with Crippen molar-refractivity contribution in [2.75, 3.05) is 19.8 Å². The van der Waals surface area contributed by atoms with E-state index in [9.17, 15) is 33.9 Å². The van der Waals surface area contributed by atoms with E-state index in [1.54, 1.807) is 31.2 Å². The highest BCUT2D eigenvalue weighted by atomic mass is 16.6. The normalized spacial score (nSPS) is 12.7. The first kappa shape index (κ1) is 97.7. The van der Waals surface area contributed by atoms with Gasteiger partial charge in [0.15, 0.2) is 11.6 Å². The third-order valence-electron chi connectivity index (χ3n) is 21.9. The highest BCUT2D eigenvalue weighted by Gasteiger charge is 2.26. The molecule has 0 aromatic heterocycles. The molecule has 0 spiro atoms. The monoisotopic (exact) mass is 1460 g/mol. The zero-order valence-electron chi connectivity index (χ0n) is 68.9. The number of unbranched alkanes of at least 4 members (excludes halogenated alkanes) is 40. The number of carbonyl (C=O) groups is 6. The molecule has 1 rings (SSSR count). The van der Waals surface area contributed by atoms with Gasteiger partial charge in [0, 0.05) is 37.7 Å². The Bertz CT molecular complexity index is 2270. The second-order valence-corrected chi connectivity index (χ2v) is 32.1. The Labute approximate surface area is 640 Å². The Morgan fingerprint density at radius 3 is 0.894 bits per heavy atom. The van der Waals surface area contributed by atoms with Gasteiger partial charge in [-0.1, -0.05) is 375 Å². The first-order valence-corrected chi connectivity index (χ1v) is 44.2. The number of nitrogens with one attached hydrogen (secondary N) is 2. The number of esters is 2. The summed E-state index contributed by atoms with van der Waals surface area (Å²) in [6, 6.07) is 6.65. The van der Waals surface area contributed by atoms with Gasteiger partial charge in [0.05, 0.1) is 6.61 Å². The van der Waals surface area contributed by atoms with Crippen molar-refractivity contribution in [1.29, 1.82) is 0 Å². The SMILES string of the molecule is C=C(NC(=O)CCCCCCCCC(CCCCCCCC)C(CCCCCCCC)CCCCCCCCC(=O)OCCOc1ccc(C(=O)C(C)(C)O)cc1)NC(=O)CCCCCCCCC(CCCCCCCC)C(CCCCCCCC)CCCCCCCCC(=O)OCCC(=O)C(=C)C. The number of rotatable bonds is 78. The first-order valence-electron chi connectivity index (χ1n) is 44.2. The Kier molecular flexibility index (Phi) is 65.0. The fraction of sp³-hybridized carbons (Fsp3) is 0.826. The van der Waals surface area contributed by atoms with Crippen LogP contribution in [0.2, 0.25) is 0 Å². The van der Waals surface area contributed by atoms with Gasteiger partial charge in [-0.3, -0.25) is 28.8 Å². The van der Waals surface area contributed by atoms with Gasteiger partial charge in [-0.05, 0) is 100.0 Å². The molecule has 4 atom stereocenters. The predicted octanol–water partition coefficient (Wildman–Crippen LogP) is 26.3. The zero-order valence-corrected chi connectivity index (χ0v) is 68.9. The number of aliphatic hydroxyl groups is 1. The summed E-state index contributed by atoms with van der Waals surface area (Å²) in [5.74, 6) is 3.22. The summed E-state index contributed by atoms with van der Waals surface area (Å²) >= 11 is 0. The van der Waals surface area contributed by atoms with Crippen LogP contribution < -0.4 is 15.4 Å². The van der Waals surface area contributed by atoms with E-state index >= 15 is 0 Å². The van der Waals surface area contributed by atoms with Crippen LogP contribution in [0.5, 0.6) is 5.75 Å². The maximum atomic E-state index is 12.9. The minimum Gasteiger partial charge on any atom is -0.490 e. The molecule has 3 N–H and O–H groups in total. The lowest BCUT2D eigenvalue weighted by atomic mass is 9.78. The van der Waals surface area contributed by atoms with E-state index in [1.165, 1.54) is 296 Å². The van der Waals surface area contributed by atoms with Gasteiger partial charge in [0.1, 0.15) is 30.4 Å². The van der Waals surface area contributed by atoms with Crippen molar-refractivity contribution in [3.8, 4) is 5.75 Å². The molecule has 0 saturated heterocycles. The fourth-order valence-corrected chi connectivity index (χ4v) is 15.3. The Morgan fingerprint density at radius 1 is 0.356 bits per heavy atom. The fourth-order valence-electron chi connectivity index (χ4n) is 15.3. The highest BCUT2D eigenvalue weighted by Crippen LogP contribution is 2.36. The molecule has 0 saturated carbocycles. The van der Waals surface area contributed by atoms with Crippen molar-refractivity contribution < 1.29 is 48.1 Å². The smallest absolute Gasteiger partial charge is 0.305 e. The lowest BCUT2D eigenvalue weighted by Crippen LogP contribution is -2.34. The van der Waals surface area contributed by atoms with Gasteiger partial charge in [-0.2, -0.15) is 0 Å². The van der Waals surface area contributed by atoms with Gasteiger partial charge in [-0.15, -0.1) is 0 Å². The Balaban J connectivity index is 2.53. The summed E-state index contributed by atoms with van der Waals surface area (Å²) < 4.78 is 16.4. The number of hydrogen-bond donors (Lipinski definition) is 3. The number of ketones is 2. The maximum Gasteiger partial charge on any atom is 0.305 e. The van der Waals surface area contributed by atoms with Gasteiger partial charge >= 0.3 is 11.9 Å². The molecule has 0 heterocycles. The van der Waals surface area contributed by atoms with Gasteiger partial charge in [0.25, 0.3) is 0 Å². The molecule has 0 bridgehead atoms. The summed E-state index contributed by atoms with van der Waals surface area (Å²) in [6.45, 7) is 22.1. The molecule has 0 aliphatic carbocycles. The number of carbonyl (C=O) groups excluding carboxylic acids is 6. The summed E-state index contributed by atoms with van der Waals surface area (Å²) in [4.78, 5) is 74.6. The average Bonchev–Trinajstić information content (AvgIpc) is 0.860. The quantitative estimate of drug-likeness (QED) is 0.0246. The lowest BCUT2D eigenvalue weighted by molar-refractivity contribution is -0.145. The summed E-state index contributed by atoms with van der Waals surface area (Å²) in [6.07, 6.45) is 72.6. The third kappa shape index (κ3) is 58.7. The van der Waals surface area contributed by atoms with Crippen LogP contribution in [0.15, 0.2) is 48.8 Å². The number of allylic oxidation sites excluding steroid dienone is 1. The van der Waals surface area contributed by atoms with Crippen LogP contribution in [0.4, 0.5) is 0 Å². The van der Waals surface area contributed by atoms with Crippen molar-refractivity contribution in [2.45, 2.75) is 446 Å². The van der Waals surface area contributed by atoms with Crippen molar-refractivity contribution in [3.05, 3.63) is 54.4 Å². The van der Waals surface area contributed by atoms with Crippen molar-refractivity contribution in [1.82, 2.24) is 10.6 Å². The molecule has 0 aliphatic rings. The largest absolute Gasteiger partial charge is 0.490 e. The zero-order chi connectivity index (χ0) is 76.2. The van der Waals surface area contributed by atoms with E-state index in [0.717, 1.165) is 101 Å². The number of amides is 2. The Morgan fingerprint density at radius 2 is 0.615 bits per heavy atom. The summed E-state index contributed by atoms with van der Waals surface area (Å²) in [7, 11) is 0. The topological polar surface area (TPSA) is 174 Å². The van der Waals surface area contributed by atoms with Crippen LogP contribution >= 0.6 is 0 Å². The van der Waals surface area contributed by atoms with Crippen LogP contribution in [-0.2, 0) is 33.4 Å². The van der Waals surface area contributed by atoms with Crippen molar-refractivity contribution in [2.24, 2.45) is 23.7 Å². The van der Waals surface area contributed by atoms with E-state index in [4.69, 9.17) is 14.2 Å². The molecule has 0 radical (unpaired) electrons. The van der Waals surface area contributed by atoms with Crippen molar-refractivity contribution in [3.63, 3.8) is 0 Å². The van der Waals surface area contributed by atoms with E-state index < -0.39 is 5.60 Å². The summed E-state index contributed by atoms with van der Waals surface area (Å²) in [5, 5.41) is 15.7. The van der Waals surface area contributed by atoms with E-state index in [1.807, 2.05) is 0 Å². The molecule has 12 nitrogen and oxygen atoms in total. The number of benzene rings is 1. The molecule has 602 valence electrons. The maximum absolute atomic E-state index is 12.9. The molecular weight excluding hydrogens is 1290 g/mol. The minimum absolute atomic E-state index is 0.0467. The third-order valence-corrected chi connectivity index (χ3v) is 21.9. The van der Waals surface area contributed by atoms with Crippen LogP contribution in [-0.4, -0.2) is 65.8 Å². The summed E-state index contributed by atoms with van der Waals surface area (Å²) in [5.41, 5.74) is -0.504. The molecule has 104 heavy (non-hydrogen) atoms. The van der Waals surface area contributed by atoms with Crippen LogP contribution in [0.1, 0.15) is 450 Å². The molecule has 0 fully saturated rings. The molecule has 2 amide bonds. The standard InChI is InChI=1S/C92H164N2O10/c1-10-14-18-22-34-46-58-80(82(60-48-36-24-20-16-12-3)64-52-40-28-32-44-56-68-89(98)103-75-74-86(95)78(5)6)62-50-38-26-30-42-54-66-87(96)93-79(7)94-88(97)67-55-43-31-27-39-51-63-81(59-47-35-23-19-15-11-2)83(61-49-37-25-21-17-13-4)65-53-41-29-33-45-57-69-90(99)104-77-76-102-85-72-70-84(71-73-85)91(100)92(8,9)101/h70-73,80-83,101H,5,7,10-69,74-77H2,1-4,6,8-9H3,(H,93,96)(H,94,97). The van der Waals surface area contributed by atoms with E-state index in [2.05, 4.69) is 51.5 Å². The molecule has 1 aromatic carbocycles. The van der Waals surface area contributed by atoms with Crippen molar-refractivity contribution >= 4 is 35.3 Å². The van der Waals surface area contributed by atoms with Crippen LogP contribution in [0.3, 0.4) is 0 Å². The number of hydrogen-bond acceptors (Lipinski definition) is 10. The van der Waals surface area contributed by atoms with Gasteiger partial charge in [-0.25, -0.2) is 0 Å². The van der Waals surface area contributed by atoms with Crippen LogP contribution in [0, 0.1) is 23.7 Å². The van der Waals surface area contributed by atoms with Crippen LogP contribution in [0.25, 0.3) is 0 Å². The predicted molar refractivity (Wildman–Crippen MR) is 438 cm³/mol. The molecule has 0 aliphatic heterocycles. The second-order valence-electron chi connectivity index (χ2n) is 32.1. The molecule has 12 heteroatoms. The molecular formula is C92H164N2O10. The highest BCUT2D eigenvalue weighted by molar-refractivity contribution is 6.01. The lowest BCUT2D eigenvalue weighted by Gasteiger charge is -2.28. The second kappa shape index (κ2) is 69.2. The molecule has 1 aromatic rings. The van der Waals surface area contributed by atoms with E-state index in [-0.39, 0.29) is 61.6 Å². The van der Waals surface area contributed by atoms with E-state index in [0.29, 0.717) is 48.4 Å².